The molecule has 30 heavy (non-hydrogen) atoms. The third-order valence-corrected chi connectivity index (χ3v) is 7.60. The van der Waals surface area contributed by atoms with E-state index in [4.69, 9.17) is 4.99 Å². The Kier molecular flexibility index (Phi) is 8.10. The van der Waals surface area contributed by atoms with E-state index in [1.54, 1.807) is 4.31 Å². The molecule has 7 heteroatoms. The van der Waals surface area contributed by atoms with Gasteiger partial charge in [-0.05, 0) is 48.9 Å². The zero-order valence-electron chi connectivity index (χ0n) is 18.1. The van der Waals surface area contributed by atoms with E-state index in [-0.39, 0.29) is 11.8 Å². The van der Waals surface area contributed by atoms with Crippen LogP contribution < -0.4 is 10.6 Å². The van der Waals surface area contributed by atoms with Crippen LogP contribution in [0.25, 0.3) is 10.8 Å². The third kappa shape index (κ3) is 5.95. The molecule has 1 saturated heterocycles. The van der Waals surface area contributed by atoms with Gasteiger partial charge in [0.1, 0.15) is 0 Å². The van der Waals surface area contributed by atoms with E-state index >= 15 is 0 Å². The van der Waals surface area contributed by atoms with Crippen LogP contribution in [-0.4, -0.2) is 56.7 Å². The predicted molar refractivity (Wildman–Crippen MR) is 125 cm³/mol. The molecule has 1 aliphatic heterocycles. The fraction of sp³-hybridized carbons (Fsp3) is 0.522. The van der Waals surface area contributed by atoms with Crippen LogP contribution in [0.1, 0.15) is 38.7 Å². The second kappa shape index (κ2) is 10.8. The molecule has 2 aromatic carbocycles. The first-order chi connectivity index (χ1) is 14.5. The molecule has 0 saturated carbocycles. The Morgan fingerprint density at radius 2 is 1.83 bits per heavy atom. The molecule has 6 nitrogen and oxygen atoms in total. The van der Waals surface area contributed by atoms with Crippen LogP contribution in [0, 0.1) is 0 Å². The van der Waals surface area contributed by atoms with Crippen LogP contribution in [0.2, 0.25) is 0 Å². The van der Waals surface area contributed by atoms with Crippen LogP contribution in [-0.2, 0) is 16.4 Å². The van der Waals surface area contributed by atoms with E-state index in [0.717, 1.165) is 31.8 Å². The van der Waals surface area contributed by atoms with Gasteiger partial charge in [-0.15, -0.1) is 0 Å². The van der Waals surface area contributed by atoms with Gasteiger partial charge in [-0.2, -0.15) is 0 Å². The van der Waals surface area contributed by atoms with Crippen molar-refractivity contribution in [2.45, 2.75) is 45.6 Å². The van der Waals surface area contributed by atoms with Gasteiger partial charge in [0, 0.05) is 32.2 Å². The second-order valence-electron chi connectivity index (χ2n) is 7.78. The van der Waals surface area contributed by atoms with Gasteiger partial charge >= 0.3 is 0 Å². The lowest BCUT2D eigenvalue weighted by atomic mass is 10.0. The largest absolute Gasteiger partial charge is 0.357 e. The standard InChI is InChI=1S/C23H34N4O2S/c1-3-18-30(28,29)27-16-13-21(14-17-27)26-23(24-4-2)25-15-12-20-10-7-9-19-8-5-6-11-22(19)20/h5-11,21H,3-4,12-18H2,1-2H3,(H2,24,25,26). The molecule has 1 heterocycles. The number of sulfonamides is 1. The summed E-state index contributed by atoms with van der Waals surface area (Å²) in [7, 11) is -3.10. The molecule has 2 aromatic rings. The number of fused-ring (bicyclic) bond motifs is 1. The van der Waals surface area contributed by atoms with Crippen LogP contribution in [0.4, 0.5) is 0 Å². The summed E-state index contributed by atoms with van der Waals surface area (Å²) >= 11 is 0. The average molecular weight is 431 g/mol. The minimum atomic E-state index is -3.10. The molecular weight excluding hydrogens is 396 g/mol. The Morgan fingerprint density at radius 1 is 1.10 bits per heavy atom. The summed E-state index contributed by atoms with van der Waals surface area (Å²) in [6, 6.07) is 15.1. The van der Waals surface area contributed by atoms with E-state index in [0.29, 0.717) is 26.1 Å². The molecule has 164 valence electrons. The molecule has 0 radical (unpaired) electrons. The van der Waals surface area contributed by atoms with E-state index < -0.39 is 10.0 Å². The maximum atomic E-state index is 12.3. The molecule has 0 bridgehead atoms. The highest BCUT2D eigenvalue weighted by atomic mass is 32.2. The first-order valence-electron chi connectivity index (χ1n) is 11.0. The number of hydrogen-bond donors (Lipinski definition) is 2. The third-order valence-electron chi connectivity index (χ3n) is 5.53. The Morgan fingerprint density at radius 3 is 2.57 bits per heavy atom. The van der Waals surface area contributed by atoms with E-state index in [1.165, 1.54) is 16.3 Å². The minimum Gasteiger partial charge on any atom is -0.357 e. The minimum absolute atomic E-state index is 0.239. The Balaban J connectivity index is 1.56. The van der Waals surface area contributed by atoms with Crippen molar-refractivity contribution in [3.05, 3.63) is 48.0 Å². The summed E-state index contributed by atoms with van der Waals surface area (Å²) in [6.45, 7) is 6.62. The topological polar surface area (TPSA) is 73.8 Å². The quantitative estimate of drug-likeness (QED) is 0.498. The molecule has 0 unspecified atom stereocenters. The van der Waals surface area contributed by atoms with E-state index in [2.05, 4.69) is 60.0 Å². The Hall–Kier alpha value is -2.12. The first-order valence-corrected chi connectivity index (χ1v) is 12.6. The molecular formula is C23H34N4O2S. The number of nitrogens with one attached hydrogen (secondary N) is 2. The average Bonchev–Trinajstić information content (AvgIpc) is 2.74. The summed E-state index contributed by atoms with van der Waals surface area (Å²) in [5.74, 6) is 1.05. The van der Waals surface area contributed by atoms with Gasteiger partial charge in [0.05, 0.1) is 5.75 Å². The Bertz CT molecular complexity index is 945. The monoisotopic (exact) mass is 430 g/mol. The first kappa shape index (κ1) is 22.6. The zero-order chi connectivity index (χ0) is 21.4. The van der Waals surface area contributed by atoms with Crippen molar-refractivity contribution in [1.29, 1.82) is 0 Å². The zero-order valence-corrected chi connectivity index (χ0v) is 18.9. The van der Waals surface area contributed by atoms with Crippen molar-refractivity contribution in [1.82, 2.24) is 14.9 Å². The van der Waals surface area contributed by atoms with Crippen molar-refractivity contribution in [2.75, 3.05) is 31.9 Å². The number of rotatable bonds is 8. The van der Waals surface area contributed by atoms with Crippen LogP contribution in [0.5, 0.6) is 0 Å². The van der Waals surface area contributed by atoms with Crippen molar-refractivity contribution in [3.8, 4) is 0 Å². The van der Waals surface area contributed by atoms with Crippen molar-refractivity contribution >= 4 is 26.8 Å². The van der Waals surface area contributed by atoms with E-state index in [1.807, 2.05) is 6.92 Å². The molecule has 1 aliphatic rings. The lowest BCUT2D eigenvalue weighted by molar-refractivity contribution is 0.306. The lowest BCUT2D eigenvalue weighted by Gasteiger charge is -2.32. The second-order valence-corrected chi connectivity index (χ2v) is 9.87. The number of hydrogen-bond acceptors (Lipinski definition) is 3. The highest BCUT2D eigenvalue weighted by Gasteiger charge is 2.27. The molecule has 0 atom stereocenters. The number of benzene rings is 2. The van der Waals surface area contributed by atoms with Crippen molar-refractivity contribution in [3.63, 3.8) is 0 Å². The van der Waals surface area contributed by atoms with Gasteiger partial charge < -0.3 is 10.6 Å². The summed E-state index contributed by atoms with van der Waals surface area (Å²) in [5.41, 5.74) is 1.31. The summed E-state index contributed by atoms with van der Waals surface area (Å²) in [6.07, 6.45) is 3.15. The number of aliphatic imine (C=N–C) groups is 1. The molecule has 0 amide bonds. The van der Waals surface area contributed by atoms with Crippen LogP contribution in [0.15, 0.2) is 47.5 Å². The van der Waals surface area contributed by atoms with Crippen LogP contribution >= 0.6 is 0 Å². The summed E-state index contributed by atoms with van der Waals surface area (Å²) in [4.78, 5) is 4.77. The molecule has 3 rings (SSSR count). The number of piperidine rings is 1. The normalized spacial score (nSPS) is 16.7. The van der Waals surface area contributed by atoms with E-state index in [9.17, 15) is 8.42 Å². The molecule has 2 N–H and O–H groups in total. The molecule has 0 aromatic heterocycles. The fourth-order valence-corrected chi connectivity index (χ4v) is 5.52. The van der Waals surface area contributed by atoms with Gasteiger partial charge in [-0.3, -0.25) is 4.99 Å². The van der Waals surface area contributed by atoms with Crippen molar-refractivity contribution in [2.24, 2.45) is 4.99 Å². The van der Waals surface area contributed by atoms with Crippen molar-refractivity contribution < 1.29 is 8.42 Å². The van der Waals surface area contributed by atoms with Crippen LogP contribution in [0.3, 0.4) is 0 Å². The molecule has 0 aliphatic carbocycles. The Labute approximate surface area is 180 Å². The highest BCUT2D eigenvalue weighted by Crippen LogP contribution is 2.19. The number of nitrogens with zero attached hydrogens (tertiary/aromatic N) is 2. The SMILES string of the molecule is CCCS(=O)(=O)N1CCC(NC(=NCCc2cccc3ccccc23)NCC)CC1. The van der Waals surface area contributed by atoms with Gasteiger partial charge in [0.15, 0.2) is 5.96 Å². The predicted octanol–water partition coefficient (Wildman–Crippen LogP) is 3.14. The van der Waals surface area contributed by atoms with Gasteiger partial charge in [0.25, 0.3) is 0 Å². The van der Waals surface area contributed by atoms with Gasteiger partial charge in [0.2, 0.25) is 10.0 Å². The highest BCUT2D eigenvalue weighted by molar-refractivity contribution is 7.89. The maximum absolute atomic E-state index is 12.3. The number of guanidine groups is 1. The summed E-state index contributed by atoms with van der Waals surface area (Å²) in [5, 5.41) is 9.37. The maximum Gasteiger partial charge on any atom is 0.214 e. The van der Waals surface area contributed by atoms with Gasteiger partial charge in [-0.1, -0.05) is 49.4 Å². The lowest BCUT2D eigenvalue weighted by Crippen LogP contribution is -2.50. The smallest absolute Gasteiger partial charge is 0.214 e. The summed E-state index contributed by atoms with van der Waals surface area (Å²) < 4.78 is 26.1. The van der Waals surface area contributed by atoms with Gasteiger partial charge in [-0.25, -0.2) is 12.7 Å². The molecule has 1 fully saturated rings. The fourth-order valence-electron chi connectivity index (χ4n) is 3.98. The molecule has 0 spiro atoms.